The summed E-state index contributed by atoms with van der Waals surface area (Å²) in [6.45, 7) is 4.05. The molecule has 120 valence electrons. The van der Waals surface area contributed by atoms with Gasteiger partial charge in [-0.25, -0.2) is 4.39 Å². The number of hydrogen-bond donors (Lipinski definition) is 1. The average molecular weight is 306 g/mol. The lowest BCUT2D eigenvalue weighted by molar-refractivity contribution is -0.145. The van der Waals surface area contributed by atoms with Crippen molar-refractivity contribution in [2.24, 2.45) is 11.3 Å². The Morgan fingerprint density at radius 1 is 1.32 bits per heavy atom. The van der Waals surface area contributed by atoms with Crippen LogP contribution >= 0.6 is 0 Å². The van der Waals surface area contributed by atoms with Crippen LogP contribution in [0.5, 0.6) is 0 Å². The summed E-state index contributed by atoms with van der Waals surface area (Å²) >= 11 is 0. The standard InChI is InChI=1S/C17H23FN2O2/c1-19-8-6-17(7-9-19)12-20(11-15(17)16(21)22)10-13-2-4-14(18)5-3-13/h2-5,15H,6-12H2,1H3,(H,21,22). The van der Waals surface area contributed by atoms with E-state index in [0.29, 0.717) is 13.1 Å². The molecule has 0 radical (unpaired) electrons. The van der Waals surface area contributed by atoms with Gasteiger partial charge in [0.2, 0.25) is 0 Å². The van der Waals surface area contributed by atoms with E-state index in [9.17, 15) is 14.3 Å². The first-order chi connectivity index (χ1) is 10.5. The van der Waals surface area contributed by atoms with Gasteiger partial charge in [-0.3, -0.25) is 9.69 Å². The topological polar surface area (TPSA) is 43.8 Å². The maximum absolute atomic E-state index is 13.0. The van der Waals surface area contributed by atoms with Gasteiger partial charge in [-0.1, -0.05) is 12.1 Å². The molecule has 22 heavy (non-hydrogen) atoms. The zero-order chi connectivity index (χ0) is 15.7. The van der Waals surface area contributed by atoms with Crippen LogP contribution in [-0.2, 0) is 11.3 Å². The number of aliphatic carboxylic acids is 1. The third kappa shape index (κ3) is 3.01. The van der Waals surface area contributed by atoms with Crippen molar-refractivity contribution in [3.05, 3.63) is 35.6 Å². The first-order valence-corrected chi connectivity index (χ1v) is 7.87. The number of halogens is 1. The van der Waals surface area contributed by atoms with Crippen molar-refractivity contribution in [3.63, 3.8) is 0 Å². The minimum atomic E-state index is -0.675. The van der Waals surface area contributed by atoms with Gasteiger partial charge < -0.3 is 10.0 Å². The fourth-order valence-electron chi connectivity index (χ4n) is 3.95. The summed E-state index contributed by atoms with van der Waals surface area (Å²) in [7, 11) is 2.09. The van der Waals surface area contributed by atoms with E-state index in [1.807, 2.05) is 0 Å². The normalized spacial score (nSPS) is 25.6. The Kier molecular flexibility index (Phi) is 4.19. The van der Waals surface area contributed by atoms with Crippen molar-refractivity contribution in [2.45, 2.75) is 19.4 Å². The summed E-state index contributed by atoms with van der Waals surface area (Å²) in [5.41, 5.74) is 0.939. The first-order valence-electron chi connectivity index (χ1n) is 7.87. The molecule has 1 N–H and O–H groups in total. The van der Waals surface area contributed by atoms with Crippen molar-refractivity contribution in [3.8, 4) is 0 Å². The van der Waals surface area contributed by atoms with E-state index in [1.165, 1.54) is 12.1 Å². The molecule has 4 nitrogen and oxygen atoms in total. The van der Waals surface area contributed by atoms with Gasteiger partial charge in [-0.05, 0) is 50.7 Å². The molecule has 1 aromatic rings. The van der Waals surface area contributed by atoms with Crippen LogP contribution in [0.25, 0.3) is 0 Å². The zero-order valence-corrected chi connectivity index (χ0v) is 13.0. The molecule has 2 aliphatic rings. The van der Waals surface area contributed by atoms with E-state index in [-0.39, 0.29) is 17.2 Å². The van der Waals surface area contributed by atoms with Crippen molar-refractivity contribution >= 4 is 5.97 Å². The van der Waals surface area contributed by atoms with Crippen LogP contribution in [-0.4, -0.2) is 54.1 Å². The number of benzene rings is 1. The number of nitrogens with zero attached hydrogens (tertiary/aromatic N) is 2. The predicted molar refractivity (Wildman–Crippen MR) is 82.0 cm³/mol. The van der Waals surface area contributed by atoms with Crippen LogP contribution < -0.4 is 0 Å². The van der Waals surface area contributed by atoms with Gasteiger partial charge in [-0.15, -0.1) is 0 Å². The van der Waals surface area contributed by atoms with Crippen molar-refractivity contribution < 1.29 is 14.3 Å². The maximum Gasteiger partial charge on any atom is 0.308 e. The highest BCUT2D eigenvalue weighted by molar-refractivity contribution is 5.72. The molecule has 5 heteroatoms. The quantitative estimate of drug-likeness (QED) is 0.928. The molecular formula is C17H23FN2O2. The van der Waals surface area contributed by atoms with Crippen molar-refractivity contribution in [2.75, 3.05) is 33.2 Å². The zero-order valence-electron chi connectivity index (χ0n) is 13.0. The lowest BCUT2D eigenvalue weighted by Gasteiger charge is -2.40. The van der Waals surface area contributed by atoms with E-state index < -0.39 is 5.97 Å². The van der Waals surface area contributed by atoms with Gasteiger partial charge in [0.05, 0.1) is 5.92 Å². The number of carbonyl (C=O) groups is 1. The number of likely N-dealkylation sites (tertiary alicyclic amines) is 2. The Hall–Kier alpha value is -1.46. The molecular weight excluding hydrogens is 283 g/mol. The van der Waals surface area contributed by atoms with Crippen LogP contribution in [0.4, 0.5) is 4.39 Å². The van der Waals surface area contributed by atoms with E-state index in [4.69, 9.17) is 0 Å². The summed E-state index contributed by atoms with van der Waals surface area (Å²) < 4.78 is 13.0. The van der Waals surface area contributed by atoms with Crippen molar-refractivity contribution in [1.29, 1.82) is 0 Å². The molecule has 0 saturated carbocycles. The summed E-state index contributed by atoms with van der Waals surface area (Å²) in [5.74, 6) is -1.20. The Bertz CT molecular complexity index is 538. The maximum atomic E-state index is 13.0. The second kappa shape index (κ2) is 5.97. The van der Waals surface area contributed by atoms with Crippen LogP contribution in [0, 0.1) is 17.2 Å². The van der Waals surface area contributed by atoms with Gasteiger partial charge in [0.15, 0.2) is 0 Å². The highest BCUT2D eigenvalue weighted by Gasteiger charge is 2.50. The fourth-order valence-corrected chi connectivity index (χ4v) is 3.95. The summed E-state index contributed by atoms with van der Waals surface area (Å²) in [5, 5.41) is 9.63. The largest absolute Gasteiger partial charge is 0.481 e. The number of piperidine rings is 1. The molecule has 1 unspecified atom stereocenters. The van der Waals surface area contributed by atoms with E-state index in [2.05, 4.69) is 16.8 Å². The number of rotatable bonds is 3. The molecule has 0 bridgehead atoms. The molecule has 2 heterocycles. The Morgan fingerprint density at radius 2 is 1.95 bits per heavy atom. The summed E-state index contributed by atoms with van der Waals surface area (Å²) in [4.78, 5) is 16.2. The third-order valence-corrected chi connectivity index (χ3v) is 5.32. The minimum Gasteiger partial charge on any atom is -0.481 e. The summed E-state index contributed by atoms with van der Waals surface area (Å²) in [6.07, 6.45) is 1.89. The molecule has 2 fully saturated rings. The highest BCUT2D eigenvalue weighted by Crippen LogP contribution is 2.45. The molecule has 1 spiro atoms. The monoisotopic (exact) mass is 306 g/mol. The lowest BCUT2D eigenvalue weighted by atomic mass is 9.71. The van der Waals surface area contributed by atoms with Crippen LogP contribution in [0.2, 0.25) is 0 Å². The van der Waals surface area contributed by atoms with Crippen LogP contribution in [0.3, 0.4) is 0 Å². The van der Waals surface area contributed by atoms with Gasteiger partial charge in [-0.2, -0.15) is 0 Å². The van der Waals surface area contributed by atoms with Gasteiger partial charge >= 0.3 is 5.97 Å². The second-order valence-corrected chi connectivity index (χ2v) is 6.85. The summed E-state index contributed by atoms with van der Waals surface area (Å²) in [6, 6.07) is 6.49. The molecule has 1 atom stereocenters. The number of hydrogen-bond acceptors (Lipinski definition) is 3. The molecule has 2 aliphatic heterocycles. The number of carboxylic acid groups (broad SMARTS) is 1. The Morgan fingerprint density at radius 3 is 2.55 bits per heavy atom. The van der Waals surface area contributed by atoms with Gasteiger partial charge in [0.25, 0.3) is 0 Å². The van der Waals surface area contributed by atoms with Crippen molar-refractivity contribution in [1.82, 2.24) is 9.80 Å². The Labute approximate surface area is 130 Å². The third-order valence-electron chi connectivity index (χ3n) is 5.32. The van der Waals surface area contributed by atoms with Crippen LogP contribution in [0.1, 0.15) is 18.4 Å². The molecule has 1 aromatic carbocycles. The van der Waals surface area contributed by atoms with E-state index in [0.717, 1.165) is 38.0 Å². The SMILES string of the molecule is CN1CCC2(CC1)CN(Cc1ccc(F)cc1)CC2C(=O)O. The Balaban J connectivity index is 1.73. The average Bonchev–Trinajstić information content (AvgIpc) is 2.83. The fraction of sp³-hybridized carbons (Fsp3) is 0.588. The highest BCUT2D eigenvalue weighted by atomic mass is 19.1. The van der Waals surface area contributed by atoms with Gasteiger partial charge in [0, 0.05) is 25.0 Å². The van der Waals surface area contributed by atoms with E-state index >= 15 is 0 Å². The molecule has 2 saturated heterocycles. The first kappa shape index (κ1) is 15.4. The molecule has 3 rings (SSSR count). The molecule has 0 aliphatic carbocycles. The van der Waals surface area contributed by atoms with Crippen LogP contribution in [0.15, 0.2) is 24.3 Å². The van der Waals surface area contributed by atoms with E-state index in [1.54, 1.807) is 12.1 Å². The minimum absolute atomic E-state index is 0.0988. The second-order valence-electron chi connectivity index (χ2n) is 6.85. The molecule has 0 amide bonds. The smallest absolute Gasteiger partial charge is 0.308 e. The van der Waals surface area contributed by atoms with Gasteiger partial charge in [0.1, 0.15) is 5.82 Å². The number of carboxylic acids is 1. The molecule has 0 aromatic heterocycles. The lowest BCUT2D eigenvalue weighted by Crippen LogP contribution is -2.44. The predicted octanol–water partition coefficient (Wildman–Crippen LogP) is 2.05.